The van der Waals surface area contributed by atoms with Gasteiger partial charge in [0.2, 0.25) is 0 Å². The fourth-order valence-electron chi connectivity index (χ4n) is 4.15. The van der Waals surface area contributed by atoms with E-state index in [2.05, 4.69) is 17.3 Å². The van der Waals surface area contributed by atoms with E-state index in [9.17, 15) is 4.79 Å². The molecule has 1 saturated heterocycles. The van der Waals surface area contributed by atoms with E-state index in [1.54, 1.807) is 0 Å². The Labute approximate surface area is 199 Å². The van der Waals surface area contributed by atoms with Gasteiger partial charge in [-0.3, -0.25) is 10.2 Å². The molecule has 0 radical (unpaired) electrons. The highest BCUT2D eigenvalue weighted by Crippen LogP contribution is 2.31. The fraction of sp³-hybridized carbons (Fsp3) is 0.308. The Morgan fingerprint density at radius 1 is 1.12 bits per heavy atom. The van der Waals surface area contributed by atoms with Crippen LogP contribution in [0.1, 0.15) is 46.4 Å². The number of benzene rings is 2. The van der Waals surface area contributed by atoms with Crippen LogP contribution in [-0.2, 0) is 0 Å². The molecule has 0 unspecified atom stereocenters. The zero-order chi connectivity index (χ0) is 23.4. The first-order valence-corrected chi connectivity index (χ1v) is 11.6. The van der Waals surface area contributed by atoms with Crippen molar-refractivity contribution in [3.05, 3.63) is 69.9 Å². The normalized spacial score (nSPS) is 13.9. The van der Waals surface area contributed by atoms with Gasteiger partial charge in [-0.05, 0) is 62.6 Å². The minimum atomic E-state index is -0.188. The van der Waals surface area contributed by atoms with Crippen LogP contribution >= 0.6 is 11.6 Å². The van der Waals surface area contributed by atoms with Gasteiger partial charge in [0, 0.05) is 34.8 Å². The predicted octanol–water partition coefficient (Wildman–Crippen LogP) is 4.25. The van der Waals surface area contributed by atoms with Crippen LogP contribution in [-0.4, -0.2) is 40.3 Å². The van der Waals surface area contributed by atoms with Gasteiger partial charge < -0.3 is 5.73 Å². The summed E-state index contributed by atoms with van der Waals surface area (Å²) in [5, 5.41) is 7.42. The SMILES string of the molecule is Cc1cc(Cl)ccc1-n1nc(C(=O)NN2CCCCC2)c(C)c1-c1ccc(C#CCN)cc1. The van der Waals surface area contributed by atoms with Crippen molar-refractivity contribution in [1.29, 1.82) is 0 Å². The van der Waals surface area contributed by atoms with Gasteiger partial charge in [-0.25, -0.2) is 9.69 Å². The number of aryl methyl sites for hydroxylation is 1. The van der Waals surface area contributed by atoms with Gasteiger partial charge >= 0.3 is 0 Å². The summed E-state index contributed by atoms with van der Waals surface area (Å²) in [5.74, 6) is 5.73. The van der Waals surface area contributed by atoms with E-state index >= 15 is 0 Å². The molecule has 3 N–H and O–H groups in total. The summed E-state index contributed by atoms with van der Waals surface area (Å²) >= 11 is 6.19. The average molecular weight is 462 g/mol. The number of nitrogens with zero attached hydrogens (tertiary/aromatic N) is 3. The second-order valence-electron chi connectivity index (χ2n) is 8.24. The molecule has 0 atom stereocenters. The maximum absolute atomic E-state index is 13.2. The summed E-state index contributed by atoms with van der Waals surface area (Å²) in [6.45, 7) is 5.97. The maximum atomic E-state index is 13.2. The third-order valence-electron chi connectivity index (χ3n) is 5.83. The molecule has 33 heavy (non-hydrogen) atoms. The third kappa shape index (κ3) is 5.12. The number of hydrazine groups is 1. The van der Waals surface area contributed by atoms with Crippen molar-refractivity contribution in [2.24, 2.45) is 5.73 Å². The average Bonchev–Trinajstić information content (AvgIpc) is 3.15. The smallest absolute Gasteiger partial charge is 0.286 e. The molecule has 1 amide bonds. The lowest BCUT2D eigenvalue weighted by Crippen LogP contribution is -2.45. The van der Waals surface area contributed by atoms with Crippen LogP contribution in [0.5, 0.6) is 0 Å². The zero-order valence-corrected chi connectivity index (χ0v) is 19.7. The van der Waals surface area contributed by atoms with E-state index < -0.39 is 0 Å². The zero-order valence-electron chi connectivity index (χ0n) is 19.0. The van der Waals surface area contributed by atoms with Crippen molar-refractivity contribution in [2.75, 3.05) is 19.6 Å². The van der Waals surface area contributed by atoms with Gasteiger partial charge in [0.1, 0.15) is 0 Å². The molecule has 0 aliphatic carbocycles. The number of hydrogen-bond acceptors (Lipinski definition) is 4. The standard InChI is InChI=1S/C26H28ClN5O/c1-18-17-22(27)12-13-23(18)32-25(21-10-8-20(9-11-21)7-6-14-28)19(2)24(29-32)26(33)30-31-15-4-3-5-16-31/h8-13,17H,3-5,14-16,28H2,1-2H3,(H,30,33). The number of halogens is 1. The van der Waals surface area contributed by atoms with Crippen LogP contribution in [0.15, 0.2) is 42.5 Å². The summed E-state index contributed by atoms with van der Waals surface area (Å²) < 4.78 is 1.84. The number of rotatable bonds is 4. The summed E-state index contributed by atoms with van der Waals surface area (Å²) in [6.07, 6.45) is 3.37. The monoisotopic (exact) mass is 461 g/mol. The van der Waals surface area contributed by atoms with Crippen molar-refractivity contribution >= 4 is 17.5 Å². The maximum Gasteiger partial charge on any atom is 0.286 e. The molecule has 1 aliphatic heterocycles. The number of aromatic nitrogens is 2. The topological polar surface area (TPSA) is 76.2 Å². The number of carbonyl (C=O) groups excluding carboxylic acids is 1. The largest absolute Gasteiger partial charge is 0.320 e. The summed E-state index contributed by atoms with van der Waals surface area (Å²) in [4.78, 5) is 13.2. The fourth-order valence-corrected chi connectivity index (χ4v) is 4.37. The molecule has 3 aromatic rings. The number of amides is 1. The van der Waals surface area contributed by atoms with Gasteiger partial charge in [0.05, 0.1) is 17.9 Å². The molecule has 0 bridgehead atoms. The molecule has 6 nitrogen and oxygen atoms in total. The van der Waals surface area contributed by atoms with Crippen LogP contribution in [0.3, 0.4) is 0 Å². The third-order valence-corrected chi connectivity index (χ3v) is 6.07. The van der Waals surface area contributed by atoms with Gasteiger partial charge in [-0.2, -0.15) is 5.10 Å². The minimum absolute atomic E-state index is 0.188. The molecule has 2 heterocycles. The van der Waals surface area contributed by atoms with E-state index in [1.807, 2.05) is 66.0 Å². The second kappa shape index (κ2) is 10.2. The van der Waals surface area contributed by atoms with Gasteiger partial charge in [0.25, 0.3) is 5.91 Å². The second-order valence-corrected chi connectivity index (χ2v) is 8.67. The Kier molecular flexibility index (Phi) is 7.14. The number of nitrogens with one attached hydrogen (secondary N) is 1. The van der Waals surface area contributed by atoms with Crippen LogP contribution in [0.25, 0.3) is 16.9 Å². The molecule has 2 aromatic carbocycles. The van der Waals surface area contributed by atoms with Crippen molar-refractivity contribution < 1.29 is 4.79 Å². The molecule has 0 saturated carbocycles. The van der Waals surface area contributed by atoms with Crippen molar-refractivity contribution in [3.8, 4) is 28.8 Å². The molecule has 170 valence electrons. The highest BCUT2D eigenvalue weighted by Gasteiger charge is 2.24. The molecule has 1 aromatic heterocycles. The number of carbonyl (C=O) groups is 1. The molecule has 0 spiro atoms. The first-order chi connectivity index (χ1) is 16.0. The lowest BCUT2D eigenvalue weighted by atomic mass is 10.0. The van der Waals surface area contributed by atoms with Crippen LogP contribution < -0.4 is 11.2 Å². The van der Waals surface area contributed by atoms with Crippen LogP contribution in [0.2, 0.25) is 5.02 Å². The molecule has 1 fully saturated rings. The molecular weight excluding hydrogens is 434 g/mol. The predicted molar refractivity (Wildman–Crippen MR) is 132 cm³/mol. The summed E-state index contributed by atoms with van der Waals surface area (Å²) in [5.41, 5.74) is 14.3. The van der Waals surface area contributed by atoms with Crippen molar-refractivity contribution in [2.45, 2.75) is 33.1 Å². The van der Waals surface area contributed by atoms with E-state index in [4.69, 9.17) is 22.4 Å². The Hall–Kier alpha value is -3.11. The first-order valence-electron chi connectivity index (χ1n) is 11.2. The Bertz CT molecular complexity index is 1210. The minimum Gasteiger partial charge on any atom is -0.320 e. The number of nitrogens with two attached hydrogens (primary N) is 1. The lowest BCUT2D eigenvalue weighted by Gasteiger charge is -2.26. The van der Waals surface area contributed by atoms with Gasteiger partial charge in [-0.1, -0.05) is 42.0 Å². The first kappa shape index (κ1) is 23.1. The van der Waals surface area contributed by atoms with E-state index in [0.29, 0.717) is 17.3 Å². The molecular formula is C26H28ClN5O. The molecule has 1 aliphatic rings. The quantitative estimate of drug-likeness (QED) is 0.569. The van der Waals surface area contributed by atoms with Crippen molar-refractivity contribution in [3.63, 3.8) is 0 Å². The van der Waals surface area contributed by atoms with Gasteiger partial charge in [-0.15, -0.1) is 0 Å². The Morgan fingerprint density at radius 3 is 2.52 bits per heavy atom. The number of hydrogen-bond donors (Lipinski definition) is 2. The molecule has 7 heteroatoms. The summed E-state index contributed by atoms with van der Waals surface area (Å²) in [6, 6.07) is 13.6. The van der Waals surface area contributed by atoms with E-state index in [-0.39, 0.29) is 5.91 Å². The molecule has 4 rings (SSSR count). The van der Waals surface area contributed by atoms with Crippen LogP contribution in [0.4, 0.5) is 0 Å². The summed E-state index contributed by atoms with van der Waals surface area (Å²) in [7, 11) is 0. The van der Waals surface area contributed by atoms with E-state index in [0.717, 1.165) is 59.6 Å². The van der Waals surface area contributed by atoms with Crippen molar-refractivity contribution in [1.82, 2.24) is 20.2 Å². The Balaban J connectivity index is 1.78. The van der Waals surface area contributed by atoms with Crippen LogP contribution in [0, 0.1) is 25.7 Å². The lowest BCUT2D eigenvalue weighted by molar-refractivity contribution is 0.0743. The number of piperidine rings is 1. The van der Waals surface area contributed by atoms with E-state index in [1.165, 1.54) is 6.42 Å². The highest BCUT2D eigenvalue weighted by molar-refractivity contribution is 6.30. The Morgan fingerprint density at radius 2 is 1.85 bits per heavy atom. The highest BCUT2D eigenvalue weighted by atomic mass is 35.5. The van der Waals surface area contributed by atoms with Gasteiger partial charge in [0.15, 0.2) is 5.69 Å².